The first-order valence-corrected chi connectivity index (χ1v) is 3.50. The third-order valence-electron chi connectivity index (χ3n) is 1.18. The Balaban J connectivity index is 2.98. The molecule has 0 atom stereocenters. The SMILES string of the molecule is C[C](=[Cr])c1ccccc1. The van der Waals surface area contributed by atoms with E-state index in [1.807, 2.05) is 18.2 Å². The summed E-state index contributed by atoms with van der Waals surface area (Å²) in [5, 5.41) is 0. The summed E-state index contributed by atoms with van der Waals surface area (Å²) in [5.41, 5.74) is 1.28. The standard InChI is InChI=1S/C8H8.Cr/c1-2-8-6-4-3-5-7-8;/h3-7H,1H3;. The van der Waals surface area contributed by atoms with Crippen LogP contribution >= 0.6 is 0 Å². The van der Waals surface area contributed by atoms with Crippen LogP contribution in [0, 0.1) is 0 Å². The molecule has 0 nitrogen and oxygen atoms in total. The Bertz CT molecular complexity index is 201. The number of hydrogen-bond donors (Lipinski definition) is 0. The summed E-state index contributed by atoms with van der Waals surface area (Å²) < 4.78 is 1.25. The molecule has 0 unspecified atom stereocenters. The molecule has 46 valence electrons. The summed E-state index contributed by atoms with van der Waals surface area (Å²) in [4.78, 5) is 0. The molecular formula is C8H8Cr. The van der Waals surface area contributed by atoms with Crippen molar-refractivity contribution in [2.45, 2.75) is 6.92 Å². The molecule has 0 N–H and O–H groups in total. The summed E-state index contributed by atoms with van der Waals surface area (Å²) in [6.07, 6.45) is 0. The number of benzene rings is 1. The molecule has 0 aliphatic carbocycles. The molecule has 0 heterocycles. The van der Waals surface area contributed by atoms with E-state index in [0.29, 0.717) is 0 Å². The second-order valence-electron chi connectivity index (χ2n) is 1.92. The second-order valence-corrected chi connectivity index (χ2v) is 2.88. The maximum atomic E-state index is 2.97. The fourth-order valence-corrected chi connectivity index (χ4v) is 0.885. The average molecular weight is 156 g/mol. The van der Waals surface area contributed by atoms with E-state index in [2.05, 4.69) is 34.9 Å². The monoisotopic (exact) mass is 156 g/mol. The predicted molar refractivity (Wildman–Crippen MR) is 36.2 cm³/mol. The van der Waals surface area contributed by atoms with Crippen LogP contribution in [0.2, 0.25) is 0 Å². The average Bonchev–Trinajstić information content (AvgIpc) is 1.90. The quantitative estimate of drug-likeness (QED) is 0.581. The van der Waals surface area contributed by atoms with E-state index in [4.69, 9.17) is 0 Å². The zero-order valence-electron chi connectivity index (χ0n) is 5.29. The Hall–Kier alpha value is -0.378. The van der Waals surface area contributed by atoms with Gasteiger partial charge in [-0.2, -0.15) is 0 Å². The van der Waals surface area contributed by atoms with Gasteiger partial charge in [-0.3, -0.25) is 0 Å². The molecule has 0 amide bonds. The Morgan fingerprint density at radius 1 is 1.22 bits per heavy atom. The molecule has 0 aliphatic rings. The summed E-state index contributed by atoms with van der Waals surface area (Å²) in [6.45, 7) is 2.06. The number of hydrogen-bond acceptors (Lipinski definition) is 0. The fraction of sp³-hybridized carbons (Fsp3) is 0.125. The van der Waals surface area contributed by atoms with Crippen LogP contribution in [0.4, 0.5) is 0 Å². The van der Waals surface area contributed by atoms with Crippen LogP contribution in [0.3, 0.4) is 0 Å². The minimum atomic E-state index is 1.25. The van der Waals surface area contributed by atoms with E-state index in [1.165, 1.54) is 9.94 Å². The van der Waals surface area contributed by atoms with Crippen molar-refractivity contribution < 1.29 is 15.9 Å². The van der Waals surface area contributed by atoms with Crippen molar-refractivity contribution in [3.8, 4) is 0 Å². The molecule has 1 aromatic rings. The van der Waals surface area contributed by atoms with Gasteiger partial charge in [-0.25, -0.2) is 0 Å². The minimum absolute atomic E-state index is 1.25. The maximum absolute atomic E-state index is 2.97. The van der Waals surface area contributed by atoms with Crippen LogP contribution in [-0.2, 0) is 15.9 Å². The molecule has 0 saturated heterocycles. The van der Waals surface area contributed by atoms with Gasteiger partial charge in [0.2, 0.25) is 0 Å². The van der Waals surface area contributed by atoms with E-state index >= 15 is 0 Å². The van der Waals surface area contributed by atoms with Crippen molar-refractivity contribution in [3.05, 3.63) is 35.9 Å². The van der Waals surface area contributed by atoms with Crippen molar-refractivity contribution >= 4 is 4.38 Å². The van der Waals surface area contributed by atoms with Gasteiger partial charge in [0, 0.05) is 0 Å². The van der Waals surface area contributed by atoms with Crippen LogP contribution in [0.5, 0.6) is 0 Å². The topological polar surface area (TPSA) is 0 Å². The Kier molecular flexibility index (Phi) is 2.22. The van der Waals surface area contributed by atoms with Crippen LogP contribution in [-0.4, -0.2) is 4.38 Å². The van der Waals surface area contributed by atoms with Crippen LogP contribution < -0.4 is 0 Å². The zero-order valence-corrected chi connectivity index (χ0v) is 6.57. The third kappa shape index (κ3) is 1.78. The van der Waals surface area contributed by atoms with Gasteiger partial charge in [0.1, 0.15) is 0 Å². The summed E-state index contributed by atoms with van der Waals surface area (Å²) >= 11 is 2.97. The Morgan fingerprint density at radius 3 is 2.11 bits per heavy atom. The van der Waals surface area contributed by atoms with Gasteiger partial charge in [0.25, 0.3) is 0 Å². The molecule has 0 radical (unpaired) electrons. The van der Waals surface area contributed by atoms with Crippen LogP contribution in [0.15, 0.2) is 30.3 Å². The van der Waals surface area contributed by atoms with E-state index in [9.17, 15) is 0 Å². The first-order valence-electron chi connectivity index (χ1n) is 2.86. The van der Waals surface area contributed by atoms with Gasteiger partial charge in [-0.1, -0.05) is 0 Å². The van der Waals surface area contributed by atoms with Crippen molar-refractivity contribution in [1.82, 2.24) is 0 Å². The van der Waals surface area contributed by atoms with Crippen LogP contribution in [0.25, 0.3) is 0 Å². The van der Waals surface area contributed by atoms with Crippen molar-refractivity contribution in [2.24, 2.45) is 0 Å². The molecule has 1 heteroatoms. The van der Waals surface area contributed by atoms with Gasteiger partial charge in [0.15, 0.2) is 0 Å². The van der Waals surface area contributed by atoms with Gasteiger partial charge in [-0.05, 0) is 0 Å². The van der Waals surface area contributed by atoms with Crippen LogP contribution in [0.1, 0.15) is 12.5 Å². The van der Waals surface area contributed by atoms with Gasteiger partial charge >= 0.3 is 63.1 Å². The molecule has 0 bridgehead atoms. The molecule has 1 aromatic carbocycles. The summed E-state index contributed by atoms with van der Waals surface area (Å²) in [5.74, 6) is 0. The second kappa shape index (κ2) is 2.96. The fourth-order valence-electron chi connectivity index (χ4n) is 0.673. The predicted octanol–water partition coefficient (Wildman–Crippen LogP) is 1.77. The van der Waals surface area contributed by atoms with E-state index in [-0.39, 0.29) is 0 Å². The molecule has 0 aromatic heterocycles. The molecular weight excluding hydrogens is 148 g/mol. The molecule has 0 saturated carbocycles. The zero-order chi connectivity index (χ0) is 6.69. The first kappa shape index (κ1) is 6.74. The molecule has 0 spiro atoms. The Morgan fingerprint density at radius 2 is 1.78 bits per heavy atom. The van der Waals surface area contributed by atoms with Gasteiger partial charge < -0.3 is 0 Å². The summed E-state index contributed by atoms with van der Waals surface area (Å²) in [7, 11) is 0. The van der Waals surface area contributed by atoms with Crippen molar-refractivity contribution in [2.75, 3.05) is 0 Å². The van der Waals surface area contributed by atoms with E-state index in [0.717, 1.165) is 0 Å². The Labute approximate surface area is 63.5 Å². The van der Waals surface area contributed by atoms with Gasteiger partial charge in [-0.15, -0.1) is 0 Å². The molecule has 0 fully saturated rings. The van der Waals surface area contributed by atoms with E-state index in [1.54, 1.807) is 0 Å². The van der Waals surface area contributed by atoms with Crippen molar-refractivity contribution in [1.29, 1.82) is 0 Å². The van der Waals surface area contributed by atoms with E-state index < -0.39 is 0 Å². The van der Waals surface area contributed by atoms with Gasteiger partial charge in [0.05, 0.1) is 0 Å². The third-order valence-corrected chi connectivity index (χ3v) is 1.55. The molecule has 0 aliphatic heterocycles. The first-order chi connectivity index (χ1) is 4.30. The summed E-state index contributed by atoms with van der Waals surface area (Å²) in [6, 6.07) is 10.3. The molecule has 1 rings (SSSR count). The normalized spacial score (nSPS) is 9.00. The van der Waals surface area contributed by atoms with Crippen molar-refractivity contribution in [3.63, 3.8) is 0 Å². The number of rotatable bonds is 1. The molecule has 9 heavy (non-hydrogen) atoms.